The van der Waals surface area contributed by atoms with Gasteiger partial charge in [0.1, 0.15) is 0 Å². The first-order chi connectivity index (χ1) is 18.9. The van der Waals surface area contributed by atoms with E-state index in [4.69, 9.17) is 5.10 Å². The lowest BCUT2D eigenvalue weighted by Crippen LogP contribution is -3.11. The molecule has 39 heavy (non-hydrogen) atoms. The Balaban J connectivity index is 1.65. The van der Waals surface area contributed by atoms with E-state index < -0.39 is 0 Å². The second kappa shape index (κ2) is 12.0. The van der Waals surface area contributed by atoms with Crippen molar-refractivity contribution in [3.05, 3.63) is 103 Å². The Morgan fingerprint density at radius 1 is 0.974 bits per heavy atom. The van der Waals surface area contributed by atoms with Gasteiger partial charge < -0.3 is 9.88 Å². The Bertz CT molecular complexity index is 1580. The summed E-state index contributed by atoms with van der Waals surface area (Å²) < 4.78 is 1.89. The number of halogens is 2. The summed E-state index contributed by atoms with van der Waals surface area (Å²) in [6.45, 7) is 6.96. The smallest absolute Gasteiger partial charge is 0.258 e. The van der Waals surface area contributed by atoms with Crippen LogP contribution in [0.2, 0.25) is 0 Å². The fraction of sp³-hybridized carbons (Fsp3) is 0.258. The van der Waals surface area contributed by atoms with Crippen LogP contribution in [0.25, 0.3) is 22.0 Å². The molecule has 0 spiro atoms. The van der Waals surface area contributed by atoms with Crippen LogP contribution < -0.4 is 10.5 Å². The van der Waals surface area contributed by atoms with E-state index in [2.05, 4.69) is 50.7 Å². The number of nitrogens with one attached hydrogen (secondary N) is 2. The van der Waals surface area contributed by atoms with Crippen LogP contribution in [0.4, 0.5) is 0 Å². The maximum absolute atomic E-state index is 13.7. The van der Waals surface area contributed by atoms with E-state index in [-0.39, 0.29) is 17.5 Å². The molecule has 1 atom stereocenters. The number of H-pyrrole nitrogens is 1. The van der Waals surface area contributed by atoms with Crippen molar-refractivity contribution in [3.8, 4) is 11.1 Å². The number of aromatic amines is 1. The molecule has 0 aliphatic carbocycles. The van der Waals surface area contributed by atoms with Crippen LogP contribution >= 0.6 is 31.9 Å². The van der Waals surface area contributed by atoms with Crippen LogP contribution in [0.3, 0.4) is 0 Å². The lowest BCUT2D eigenvalue weighted by atomic mass is 9.91. The number of pyridine rings is 1. The molecule has 5 rings (SSSR count). The highest BCUT2D eigenvalue weighted by atomic mass is 79.9. The highest BCUT2D eigenvalue weighted by Crippen LogP contribution is 2.37. The van der Waals surface area contributed by atoms with E-state index >= 15 is 0 Å². The van der Waals surface area contributed by atoms with Crippen molar-refractivity contribution in [1.82, 2.24) is 9.99 Å². The third kappa shape index (κ3) is 5.78. The van der Waals surface area contributed by atoms with Crippen LogP contribution in [0.1, 0.15) is 43.9 Å². The number of carbonyl (C=O) groups excluding carboxylic acids is 1. The number of carbonyl (C=O) groups is 1. The van der Waals surface area contributed by atoms with Gasteiger partial charge in [-0.3, -0.25) is 9.59 Å². The first-order valence-electron chi connectivity index (χ1n) is 13.3. The van der Waals surface area contributed by atoms with Gasteiger partial charge in [0.05, 0.1) is 43.4 Å². The zero-order valence-corrected chi connectivity index (χ0v) is 25.2. The van der Waals surface area contributed by atoms with Gasteiger partial charge >= 0.3 is 0 Å². The first kappa shape index (κ1) is 27.5. The maximum Gasteiger partial charge on any atom is 0.258 e. The molecule has 0 saturated carbocycles. The molecule has 200 valence electrons. The SMILES string of the molecule is CC[NH+](CC)CCC(=O)N1N=C(c2c(-c3ccccc3)c3cc(Br)ccc3[nH]c2=O)C[C@H]1c1ccc(Br)cc1. The molecule has 8 heteroatoms. The number of hydrogen-bond donors (Lipinski definition) is 2. The standard InChI is InChI=1S/C31H30Br2N4O2/c1-3-36(4-2)17-16-28(38)37-27(20-10-12-22(32)13-11-20)19-26(35-37)30-29(21-8-6-5-7-9-21)24-18-23(33)14-15-25(24)34-31(30)39/h5-15,18,27H,3-4,16-17,19H2,1-2H3,(H,34,39)/p+1/t27-/m0/s1. The minimum atomic E-state index is -0.284. The van der Waals surface area contributed by atoms with Crippen molar-refractivity contribution < 1.29 is 9.69 Å². The molecular weight excluding hydrogens is 620 g/mol. The van der Waals surface area contributed by atoms with Gasteiger partial charge in [0.15, 0.2) is 0 Å². The van der Waals surface area contributed by atoms with Gasteiger partial charge in [-0.25, -0.2) is 5.01 Å². The van der Waals surface area contributed by atoms with Crippen molar-refractivity contribution in [2.75, 3.05) is 19.6 Å². The molecule has 3 aromatic carbocycles. The molecule has 0 radical (unpaired) electrons. The Morgan fingerprint density at radius 2 is 1.67 bits per heavy atom. The molecule has 2 N–H and O–H groups in total. The second-order valence-electron chi connectivity index (χ2n) is 9.77. The van der Waals surface area contributed by atoms with Crippen molar-refractivity contribution in [2.24, 2.45) is 5.10 Å². The molecule has 1 aliphatic heterocycles. The van der Waals surface area contributed by atoms with Gasteiger partial charge in [-0.15, -0.1) is 0 Å². The number of quaternary nitrogens is 1. The van der Waals surface area contributed by atoms with E-state index in [1.807, 2.05) is 72.8 Å². The summed E-state index contributed by atoms with van der Waals surface area (Å²) in [6.07, 6.45) is 0.849. The minimum Gasteiger partial charge on any atom is -0.335 e. The predicted molar refractivity (Wildman–Crippen MR) is 164 cm³/mol. The topological polar surface area (TPSA) is 70.0 Å². The first-order valence-corrected chi connectivity index (χ1v) is 14.9. The van der Waals surface area contributed by atoms with Crippen LogP contribution in [0.15, 0.2) is 91.6 Å². The van der Waals surface area contributed by atoms with Gasteiger partial charge in [-0.2, -0.15) is 5.10 Å². The lowest BCUT2D eigenvalue weighted by molar-refractivity contribution is -0.895. The largest absolute Gasteiger partial charge is 0.335 e. The Kier molecular flexibility index (Phi) is 8.45. The lowest BCUT2D eigenvalue weighted by Gasteiger charge is -2.23. The van der Waals surface area contributed by atoms with Crippen molar-refractivity contribution in [1.29, 1.82) is 0 Å². The number of aromatic nitrogens is 1. The number of hydrazone groups is 1. The highest BCUT2D eigenvalue weighted by Gasteiger charge is 2.35. The predicted octanol–water partition coefficient (Wildman–Crippen LogP) is 5.71. The van der Waals surface area contributed by atoms with E-state index in [0.29, 0.717) is 24.1 Å². The van der Waals surface area contributed by atoms with Gasteiger partial charge in [0, 0.05) is 31.8 Å². The quantitative estimate of drug-likeness (QED) is 0.256. The van der Waals surface area contributed by atoms with E-state index in [0.717, 1.165) is 56.2 Å². The van der Waals surface area contributed by atoms with Crippen molar-refractivity contribution >= 4 is 54.4 Å². The number of amides is 1. The third-order valence-electron chi connectivity index (χ3n) is 7.44. The summed E-state index contributed by atoms with van der Waals surface area (Å²) in [4.78, 5) is 31.7. The Morgan fingerprint density at radius 3 is 2.36 bits per heavy atom. The van der Waals surface area contributed by atoms with Crippen LogP contribution in [-0.2, 0) is 4.79 Å². The average molecular weight is 651 g/mol. The fourth-order valence-electron chi connectivity index (χ4n) is 5.28. The second-order valence-corrected chi connectivity index (χ2v) is 11.6. The molecule has 4 aromatic rings. The fourth-order valence-corrected chi connectivity index (χ4v) is 5.91. The number of fused-ring (bicyclic) bond motifs is 1. The zero-order valence-electron chi connectivity index (χ0n) is 22.0. The van der Waals surface area contributed by atoms with Gasteiger partial charge in [-0.05, 0) is 55.3 Å². The van der Waals surface area contributed by atoms with Crippen LogP contribution in [0.5, 0.6) is 0 Å². The Labute approximate surface area is 245 Å². The molecule has 1 aliphatic rings. The summed E-state index contributed by atoms with van der Waals surface area (Å²) in [7, 11) is 0. The Hall–Kier alpha value is -3.07. The van der Waals surface area contributed by atoms with E-state index in [9.17, 15) is 9.59 Å². The normalized spacial score (nSPS) is 15.3. The summed E-state index contributed by atoms with van der Waals surface area (Å²) in [6, 6.07) is 23.5. The van der Waals surface area contributed by atoms with Gasteiger partial charge in [0.25, 0.3) is 5.56 Å². The summed E-state index contributed by atoms with van der Waals surface area (Å²) in [5.41, 5.74) is 4.42. The number of rotatable bonds is 8. The molecule has 6 nitrogen and oxygen atoms in total. The molecular formula is C31H31Br2N4O2+. The average Bonchev–Trinajstić information content (AvgIpc) is 3.39. The number of hydrogen-bond acceptors (Lipinski definition) is 3. The molecule has 1 amide bonds. The van der Waals surface area contributed by atoms with Gasteiger partial charge in [0.2, 0.25) is 5.91 Å². The highest BCUT2D eigenvalue weighted by molar-refractivity contribution is 9.10. The maximum atomic E-state index is 13.7. The molecule has 1 aromatic heterocycles. The van der Waals surface area contributed by atoms with Gasteiger partial charge in [-0.1, -0.05) is 74.3 Å². The van der Waals surface area contributed by atoms with E-state index in [1.54, 1.807) is 5.01 Å². The monoisotopic (exact) mass is 649 g/mol. The molecule has 2 heterocycles. The molecule has 0 fully saturated rings. The minimum absolute atomic E-state index is 0.0291. The van der Waals surface area contributed by atoms with Crippen LogP contribution in [-0.4, -0.2) is 41.2 Å². The summed E-state index contributed by atoms with van der Waals surface area (Å²) in [5.74, 6) is -0.0291. The number of nitrogens with zero attached hydrogens (tertiary/aromatic N) is 2. The van der Waals surface area contributed by atoms with Crippen molar-refractivity contribution in [2.45, 2.75) is 32.7 Å². The summed E-state index contributed by atoms with van der Waals surface area (Å²) in [5, 5.41) is 7.42. The third-order valence-corrected chi connectivity index (χ3v) is 8.46. The molecule has 0 unspecified atom stereocenters. The zero-order chi connectivity index (χ0) is 27.5. The van der Waals surface area contributed by atoms with Crippen LogP contribution in [0, 0.1) is 0 Å². The molecule has 0 bridgehead atoms. The van der Waals surface area contributed by atoms with Crippen molar-refractivity contribution in [3.63, 3.8) is 0 Å². The number of benzene rings is 3. The van der Waals surface area contributed by atoms with E-state index in [1.165, 1.54) is 4.90 Å². The summed E-state index contributed by atoms with van der Waals surface area (Å²) >= 11 is 7.12. The molecule has 0 saturated heterocycles.